The number of aromatic amines is 4. The maximum Gasteiger partial charge on any atom is 0.417 e. The minimum atomic E-state index is -4.68. The minimum Gasteiger partial charge on any atom is -0.497 e. The number of nitrogens with zero attached hydrogens (tertiary/aromatic N) is 8. The van der Waals surface area contributed by atoms with Gasteiger partial charge >= 0.3 is 6.18 Å². The van der Waals surface area contributed by atoms with Gasteiger partial charge in [0.05, 0.1) is 91.0 Å². The molecule has 8 aliphatic heterocycles. The number of amides is 4. The first kappa shape index (κ1) is 95.7. The van der Waals surface area contributed by atoms with Gasteiger partial charge in [0.15, 0.2) is 20.4 Å². The molecule has 4 N–H and O–H groups in total. The maximum absolute atomic E-state index is 14.7. The third-order valence-electron chi connectivity index (χ3n) is 27.2. The number of carbonyl (C=O) groups is 4. The number of fused-ring (bicyclic) bond motifs is 16. The molecule has 12 heterocycles. The zero-order valence-electron chi connectivity index (χ0n) is 75.1. The summed E-state index contributed by atoms with van der Waals surface area (Å²) >= 11 is 49.9. The molecular weight excluding hydrogens is 2200 g/mol. The van der Waals surface area contributed by atoms with Gasteiger partial charge < -0.3 is 58.5 Å². The van der Waals surface area contributed by atoms with E-state index in [1.165, 1.54) is 50.6 Å². The van der Waals surface area contributed by atoms with Crippen molar-refractivity contribution in [2.75, 3.05) is 48.0 Å². The standard InChI is InChI=1S/C27H18BrClF3N3O2S.C27H22BrN3O2S.C26H18BrClFN3O2S.C26H18BrF2N3O2S/c1-37-16-6-2-13(3-7-16)24-23-18(17-10-14(28)4-9-21(17)33-23)12-22-25(36)34(26(38)35(22)24)15-5-8-20(29)19(11-15)27(30,31)32;1-15-3-8-18(9-4-15)30-26(32)23-14-21-20-13-17(28)7-12-22(20)29-24(21)25(31(23)27(30)34)16-5-10-19(33-2)11-6-16;1-34-16-6-2-13(3-7-16)24-23-18(17-10-14(27)4-8-20(17)30-23)12-22-25(33)32(26(35)31(22)24)21-9-5-15(29)11-19(21)28;1-34-16-6-2-13(3-7-16)24-23-18(17-10-14(27)4-8-20(17)30-23)12-22-25(33)32(26(35)31(22)24)21-9-5-15(28)11-19(21)29/h2-11,22,24,33H,12H2,1H3;3-13,23,25,29H,14H2,1-2H3;2*2-11,22,24,30H,12H2,1H3. The Morgan fingerprint density at radius 3 is 0.937 bits per heavy atom. The van der Waals surface area contributed by atoms with E-state index in [0.717, 1.165) is 170 Å². The molecule has 0 radical (unpaired) electrons. The zero-order valence-corrected chi connectivity index (χ0v) is 86.3. The second kappa shape index (κ2) is 37.7. The minimum absolute atomic E-state index is 0.0161. The number of anilines is 4. The van der Waals surface area contributed by atoms with Crippen molar-refractivity contribution in [2.24, 2.45) is 0 Å². The molecule has 20 nitrogen and oxygen atoms in total. The Morgan fingerprint density at radius 1 is 0.338 bits per heavy atom. The van der Waals surface area contributed by atoms with Crippen LogP contribution in [0.3, 0.4) is 0 Å². The van der Waals surface area contributed by atoms with E-state index in [1.54, 1.807) is 33.3 Å². The molecule has 142 heavy (non-hydrogen) atoms. The number of carbonyl (C=O) groups excluding carboxylic acids is 4. The van der Waals surface area contributed by atoms with Gasteiger partial charge in [-0.15, -0.1) is 0 Å². The summed E-state index contributed by atoms with van der Waals surface area (Å²) in [4.78, 5) is 82.7. The Morgan fingerprint density at radius 2 is 0.627 bits per heavy atom. The van der Waals surface area contributed by atoms with Crippen LogP contribution in [0.25, 0.3) is 43.6 Å². The smallest absolute Gasteiger partial charge is 0.417 e. The molecule has 0 spiro atoms. The SMILES string of the molecule is COc1ccc(C2c3[nH]c4ccc(Br)cc4c3CC3C(=O)N(c4ccc(C)cc4)C(=S)N32)cc1.COc1ccc(C2c3[nH]c4ccc(Br)cc4c3CC3C(=O)N(c4ccc(Cl)c(C(F)(F)F)c4)C(=S)N32)cc1.COc1ccc(C2c3[nH]c4ccc(Br)cc4c3CC3C(=O)N(c4ccc(F)cc4Cl)C(=S)N32)cc1.COc1ccc(C2c3[nH]c4ccc(Br)cc4c3CC3C(=O)N(c4ccc(F)cc4F)C(=S)N32)cc1. The molecule has 0 aliphatic carbocycles. The van der Waals surface area contributed by atoms with Crippen LogP contribution in [0, 0.1) is 24.4 Å². The van der Waals surface area contributed by atoms with Gasteiger partial charge in [0.2, 0.25) is 0 Å². The van der Waals surface area contributed by atoms with Gasteiger partial charge in [-0.25, -0.2) is 13.2 Å². The highest BCUT2D eigenvalue weighted by Crippen LogP contribution is 2.53. The lowest BCUT2D eigenvalue weighted by Gasteiger charge is -2.37. The van der Waals surface area contributed by atoms with Gasteiger partial charge in [-0.3, -0.25) is 38.8 Å². The highest BCUT2D eigenvalue weighted by Gasteiger charge is 2.57. The van der Waals surface area contributed by atoms with E-state index in [2.05, 4.69) is 119 Å². The fraction of sp³-hybridized carbons (Fsp3) is 0.170. The molecule has 0 bridgehead atoms. The van der Waals surface area contributed by atoms with Crippen molar-refractivity contribution in [3.63, 3.8) is 0 Å². The summed E-state index contributed by atoms with van der Waals surface area (Å²) in [6, 6.07) is 69.8. The number of aryl methyl sites for hydroxylation is 1. The third kappa shape index (κ3) is 16.6. The highest BCUT2D eigenvalue weighted by atomic mass is 79.9. The van der Waals surface area contributed by atoms with Gasteiger partial charge in [0, 0.05) is 116 Å². The summed E-state index contributed by atoms with van der Waals surface area (Å²) in [7, 11) is 6.46. The van der Waals surface area contributed by atoms with E-state index in [-0.39, 0.29) is 68.4 Å². The molecule has 4 saturated heterocycles. The number of nitrogens with one attached hydrogen (secondary N) is 4. The number of benzene rings is 12. The number of methoxy groups -OCH3 is 4. The summed E-state index contributed by atoms with van der Waals surface area (Å²) in [6.45, 7) is 2.03. The number of thiocarbonyl (C=S) groups is 4. The average molecular weight is 2280 g/mol. The van der Waals surface area contributed by atoms with Gasteiger partial charge in [-0.05, 0) is 282 Å². The molecule has 36 heteroatoms. The summed E-state index contributed by atoms with van der Waals surface area (Å²) < 4.78 is 108. The Balaban J connectivity index is 0.000000112. The van der Waals surface area contributed by atoms with Crippen LogP contribution in [0.5, 0.6) is 23.0 Å². The van der Waals surface area contributed by atoms with Crippen molar-refractivity contribution in [2.45, 2.75) is 87.1 Å². The Hall–Kier alpha value is -12.5. The highest BCUT2D eigenvalue weighted by molar-refractivity contribution is 9.11. The fourth-order valence-corrected chi connectivity index (χ4v) is 24.3. The number of ether oxygens (including phenoxy) is 4. The van der Waals surface area contributed by atoms with Crippen molar-refractivity contribution in [3.05, 3.63) is 373 Å². The topological polar surface area (TPSA) is 194 Å². The van der Waals surface area contributed by atoms with Gasteiger partial charge in [-0.2, -0.15) is 13.2 Å². The fourth-order valence-electron chi connectivity index (χ4n) is 20.7. The van der Waals surface area contributed by atoms with Crippen LogP contribution in [0.2, 0.25) is 10.0 Å². The molecule has 4 aromatic heterocycles. The maximum atomic E-state index is 14.7. The molecule has 16 aromatic rings. The van der Waals surface area contributed by atoms with Crippen LogP contribution < -0.4 is 38.5 Å². The normalized spacial score (nSPS) is 19.3. The van der Waals surface area contributed by atoms with Crippen LogP contribution >= 0.6 is 136 Å². The molecule has 8 atom stereocenters. The van der Waals surface area contributed by atoms with Crippen molar-refractivity contribution in [1.82, 2.24) is 39.5 Å². The molecule has 24 rings (SSSR count). The first-order chi connectivity index (χ1) is 68.3. The first-order valence-corrected chi connectivity index (χ1v) is 50.1. The summed E-state index contributed by atoms with van der Waals surface area (Å²) in [5, 5.41) is 5.03. The predicted octanol–water partition coefficient (Wildman–Crippen LogP) is 25.4. The molecule has 8 aliphatic rings. The second-order valence-electron chi connectivity index (χ2n) is 35.1. The number of aromatic nitrogens is 4. The van der Waals surface area contributed by atoms with Crippen molar-refractivity contribution in [3.8, 4) is 23.0 Å². The monoisotopic (exact) mass is 2270 g/mol. The van der Waals surface area contributed by atoms with E-state index in [0.29, 0.717) is 53.1 Å². The van der Waals surface area contributed by atoms with E-state index in [1.807, 2.05) is 185 Å². The molecule has 4 amide bonds. The average Bonchev–Trinajstić information content (AvgIpc) is 1.57. The Labute approximate surface area is 873 Å². The van der Waals surface area contributed by atoms with E-state index in [9.17, 15) is 45.5 Å². The van der Waals surface area contributed by atoms with Crippen LogP contribution in [0.15, 0.2) is 267 Å². The van der Waals surface area contributed by atoms with Crippen LogP contribution in [0.4, 0.5) is 49.1 Å². The van der Waals surface area contributed by atoms with Crippen molar-refractivity contribution < 1.29 is 64.5 Å². The first-order valence-electron chi connectivity index (χ1n) is 44.5. The van der Waals surface area contributed by atoms with Crippen molar-refractivity contribution >= 4 is 246 Å². The predicted molar refractivity (Wildman–Crippen MR) is 566 cm³/mol. The Bertz CT molecular complexity index is 7730. The lowest BCUT2D eigenvalue weighted by atomic mass is 9.89. The number of H-pyrrole nitrogens is 4. The zero-order chi connectivity index (χ0) is 99.3. The molecule has 12 aromatic carbocycles. The van der Waals surface area contributed by atoms with Crippen LogP contribution in [0.1, 0.15) is 103 Å². The molecule has 4 fully saturated rings. The number of hydrogen-bond acceptors (Lipinski definition) is 12. The number of hydrogen-bond donors (Lipinski definition) is 4. The van der Waals surface area contributed by atoms with Crippen LogP contribution in [-0.2, 0) is 51.0 Å². The van der Waals surface area contributed by atoms with Gasteiger partial charge in [0.1, 0.15) is 64.6 Å². The van der Waals surface area contributed by atoms with Crippen molar-refractivity contribution in [1.29, 1.82) is 0 Å². The number of halogens is 12. The second-order valence-corrected chi connectivity index (χ2v) is 41.0. The van der Waals surface area contributed by atoms with Crippen LogP contribution in [-0.4, -0.2) is 136 Å². The Kier molecular flexibility index (Phi) is 25.4. The molecule has 0 saturated carbocycles. The third-order valence-corrected chi connectivity index (χ3v) is 31.4. The lowest BCUT2D eigenvalue weighted by Crippen LogP contribution is -2.44. The quantitative estimate of drug-likeness (QED) is 0.0666. The number of rotatable bonds is 12. The lowest BCUT2D eigenvalue weighted by molar-refractivity contribution is -0.137. The van der Waals surface area contributed by atoms with Gasteiger partial charge in [-0.1, -0.05) is 153 Å². The summed E-state index contributed by atoms with van der Waals surface area (Å²) in [6.07, 6.45) is -2.86. The molecule has 716 valence electrons. The largest absolute Gasteiger partial charge is 0.497 e. The van der Waals surface area contributed by atoms with Gasteiger partial charge in [0.25, 0.3) is 23.6 Å². The summed E-state index contributed by atoms with van der Waals surface area (Å²) in [5.41, 5.74) is 17.1. The molecular formula is C106H76Br4Cl2F6N12O8S4. The van der Waals surface area contributed by atoms with E-state index in [4.69, 9.17) is 91.0 Å². The summed E-state index contributed by atoms with van der Waals surface area (Å²) in [5.74, 6) is -0.0231. The van der Waals surface area contributed by atoms with E-state index >= 15 is 0 Å². The van der Waals surface area contributed by atoms with E-state index < -0.39 is 64.4 Å². The number of alkyl halides is 3. The molecule has 8 unspecified atom stereocenters.